The van der Waals surface area contributed by atoms with E-state index < -0.39 is 18.7 Å². The predicted octanol–water partition coefficient (Wildman–Crippen LogP) is 1.50. The second-order valence-electron chi connectivity index (χ2n) is 4.39. The van der Waals surface area contributed by atoms with Crippen molar-refractivity contribution in [1.82, 2.24) is 5.32 Å². The van der Waals surface area contributed by atoms with E-state index in [0.29, 0.717) is 6.54 Å². The van der Waals surface area contributed by atoms with Gasteiger partial charge in [0, 0.05) is 6.54 Å². The highest BCUT2D eigenvalue weighted by Gasteiger charge is 2.50. The molecule has 16 heavy (non-hydrogen) atoms. The Kier molecular flexibility index (Phi) is 5.66. The molecular weight excluding hydrogens is 229 g/mol. The summed E-state index contributed by atoms with van der Waals surface area (Å²) in [5.41, 5.74) is 0. The Morgan fingerprint density at radius 2 is 1.75 bits per heavy atom. The minimum Gasteiger partial charge on any atom is -0.355 e. The first-order valence-corrected chi connectivity index (χ1v) is 7.16. The van der Waals surface area contributed by atoms with Crippen LogP contribution in [-0.2, 0) is 9.36 Å². The number of carbonyl (C=O) groups excluding carboxylic acids is 1. The lowest BCUT2D eigenvalue weighted by Crippen LogP contribution is -2.46. The first-order valence-electron chi connectivity index (χ1n) is 5.55. The van der Waals surface area contributed by atoms with Crippen LogP contribution in [0, 0.1) is 5.92 Å². The van der Waals surface area contributed by atoms with E-state index in [9.17, 15) is 19.1 Å². The van der Waals surface area contributed by atoms with E-state index in [1.165, 1.54) is 0 Å². The first-order chi connectivity index (χ1) is 7.21. The number of hydrogen-bond donors (Lipinski definition) is 3. The highest BCUT2D eigenvalue weighted by Crippen LogP contribution is 2.54. The van der Waals surface area contributed by atoms with E-state index in [-0.39, 0.29) is 18.8 Å². The third-order valence-corrected chi connectivity index (χ3v) is 4.77. The fraction of sp³-hybridized carbons (Fsp3) is 0.900. The van der Waals surface area contributed by atoms with Crippen molar-refractivity contribution in [2.45, 2.75) is 45.7 Å². The smallest absolute Gasteiger partial charge is 0.340 e. The molecular formula is C10H22NO4P. The van der Waals surface area contributed by atoms with Gasteiger partial charge in [0.05, 0.1) is 0 Å². The van der Waals surface area contributed by atoms with Crippen molar-refractivity contribution in [3.8, 4) is 0 Å². The van der Waals surface area contributed by atoms with Gasteiger partial charge in [0.2, 0.25) is 5.91 Å². The molecule has 0 rings (SSSR count). The Morgan fingerprint density at radius 1 is 1.31 bits per heavy atom. The molecule has 0 heterocycles. The van der Waals surface area contributed by atoms with Crippen LogP contribution in [0.25, 0.3) is 0 Å². The fourth-order valence-corrected chi connectivity index (χ4v) is 2.74. The molecule has 0 aliphatic rings. The van der Waals surface area contributed by atoms with Crippen LogP contribution in [0.4, 0.5) is 0 Å². The van der Waals surface area contributed by atoms with Gasteiger partial charge in [-0.15, -0.1) is 0 Å². The molecule has 0 saturated heterocycles. The molecule has 0 aromatic heterocycles. The summed E-state index contributed by atoms with van der Waals surface area (Å²) in [5, 5.41) is 1.03. The van der Waals surface area contributed by atoms with Gasteiger partial charge in [-0.2, -0.15) is 0 Å². The molecule has 0 aliphatic heterocycles. The lowest BCUT2D eigenvalue weighted by molar-refractivity contribution is -0.124. The van der Waals surface area contributed by atoms with Gasteiger partial charge in [0.1, 0.15) is 5.16 Å². The molecule has 0 fully saturated rings. The van der Waals surface area contributed by atoms with E-state index >= 15 is 0 Å². The van der Waals surface area contributed by atoms with Crippen LogP contribution >= 0.6 is 7.60 Å². The normalized spacial score (nSPS) is 12.9. The Hall–Kier alpha value is -0.380. The monoisotopic (exact) mass is 251 g/mol. The maximum Gasteiger partial charge on any atom is 0.340 e. The van der Waals surface area contributed by atoms with E-state index in [4.69, 9.17) is 0 Å². The lowest BCUT2D eigenvalue weighted by Gasteiger charge is -2.31. The number of carbonyl (C=O) groups is 1. The molecule has 0 aromatic rings. The summed E-state index contributed by atoms with van der Waals surface area (Å²) in [7, 11) is -4.43. The first kappa shape index (κ1) is 15.6. The SMILES string of the molecule is CCC(CC)(C(=O)NCC(C)C)P(=O)(O)O. The van der Waals surface area contributed by atoms with Crippen LogP contribution < -0.4 is 5.32 Å². The summed E-state index contributed by atoms with van der Waals surface area (Å²) in [6.07, 6.45) is 0.273. The van der Waals surface area contributed by atoms with Gasteiger partial charge in [-0.05, 0) is 18.8 Å². The van der Waals surface area contributed by atoms with Crippen molar-refractivity contribution >= 4 is 13.5 Å². The number of rotatable bonds is 6. The maximum absolute atomic E-state index is 11.9. The van der Waals surface area contributed by atoms with E-state index in [1.807, 2.05) is 13.8 Å². The zero-order valence-electron chi connectivity index (χ0n) is 10.4. The number of amides is 1. The van der Waals surface area contributed by atoms with Crippen LogP contribution in [0.5, 0.6) is 0 Å². The number of nitrogens with one attached hydrogen (secondary N) is 1. The average molecular weight is 251 g/mol. The topological polar surface area (TPSA) is 86.6 Å². The largest absolute Gasteiger partial charge is 0.355 e. The molecule has 0 bridgehead atoms. The molecule has 5 nitrogen and oxygen atoms in total. The predicted molar refractivity (Wildman–Crippen MR) is 63.2 cm³/mol. The Labute approximate surface area is 96.8 Å². The zero-order valence-corrected chi connectivity index (χ0v) is 11.3. The molecule has 0 aromatic carbocycles. The van der Waals surface area contributed by atoms with Crippen molar-refractivity contribution in [2.75, 3.05) is 6.54 Å². The molecule has 0 spiro atoms. The van der Waals surface area contributed by atoms with Crippen LogP contribution in [0.15, 0.2) is 0 Å². The lowest BCUT2D eigenvalue weighted by atomic mass is 10.0. The Morgan fingerprint density at radius 3 is 2.00 bits per heavy atom. The quantitative estimate of drug-likeness (QED) is 0.624. The Balaban J connectivity index is 4.92. The molecule has 0 aliphatic carbocycles. The number of hydrogen-bond acceptors (Lipinski definition) is 2. The molecule has 3 N–H and O–H groups in total. The summed E-state index contributed by atoms with van der Waals surface area (Å²) in [6, 6.07) is 0. The van der Waals surface area contributed by atoms with Gasteiger partial charge in [-0.1, -0.05) is 27.7 Å². The minimum absolute atomic E-state index is 0.137. The summed E-state index contributed by atoms with van der Waals surface area (Å²) in [5.74, 6) is -0.285. The van der Waals surface area contributed by atoms with Gasteiger partial charge in [0.25, 0.3) is 0 Å². The highest BCUT2D eigenvalue weighted by atomic mass is 31.2. The van der Waals surface area contributed by atoms with Crippen molar-refractivity contribution in [2.24, 2.45) is 5.92 Å². The standard InChI is InChI=1S/C10H22NO4P/c1-5-10(6-2,16(13,14)15)9(12)11-7-8(3)4/h8H,5-7H2,1-4H3,(H,11,12)(H2,13,14,15). The van der Waals surface area contributed by atoms with Crippen LogP contribution in [0.2, 0.25) is 0 Å². The second kappa shape index (κ2) is 5.80. The summed E-state index contributed by atoms with van der Waals surface area (Å²) < 4.78 is 11.4. The molecule has 6 heteroatoms. The van der Waals surface area contributed by atoms with Gasteiger partial charge in [-0.25, -0.2) is 0 Å². The second-order valence-corrected chi connectivity index (χ2v) is 6.33. The van der Waals surface area contributed by atoms with Gasteiger partial charge in [0.15, 0.2) is 0 Å². The highest BCUT2D eigenvalue weighted by molar-refractivity contribution is 7.54. The molecule has 96 valence electrons. The van der Waals surface area contributed by atoms with Crippen molar-refractivity contribution in [3.63, 3.8) is 0 Å². The van der Waals surface area contributed by atoms with Gasteiger partial charge in [-0.3, -0.25) is 9.36 Å². The Bertz CT molecular complexity index is 281. The summed E-state index contributed by atoms with van der Waals surface area (Å²) >= 11 is 0. The van der Waals surface area contributed by atoms with Crippen molar-refractivity contribution in [1.29, 1.82) is 0 Å². The van der Waals surface area contributed by atoms with Crippen molar-refractivity contribution < 1.29 is 19.1 Å². The molecule has 0 saturated carbocycles. The van der Waals surface area contributed by atoms with Crippen molar-refractivity contribution in [3.05, 3.63) is 0 Å². The fourth-order valence-electron chi connectivity index (χ4n) is 1.58. The minimum atomic E-state index is -4.43. The van der Waals surface area contributed by atoms with Gasteiger partial charge >= 0.3 is 7.60 Å². The van der Waals surface area contributed by atoms with Gasteiger partial charge < -0.3 is 15.1 Å². The van der Waals surface area contributed by atoms with E-state index in [2.05, 4.69) is 5.32 Å². The zero-order chi connectivity index (χ0) is 13.0. The molecule has 0 unspecified atom stereocenters. The molecule has 1 amide bonds. The molecule has 0 radical (unpaired) electrons. The maximum atomic E-state index is 11.9. The third kappa shape index (κ3) is 3.30. The van der Waals surface area contributed by atoms with Crippen LogP contribution in [0.3, 0.4) is 0 Å². The van der Waals surface area contributed by atoms with Crippen LogP contribution in [-0.4, -0.2) is 27.4 Å². The molecule has 0 atom stereocenters. The van der Waals surface area contributed by atoms with E-state index in [1.54, 1.807) is 13.8 Å². The van der Waals surface area contributed by atoms with Crippen LogP contribution in [0.1, 0.15) is 40.5 Å². The average Bonchev–Trinajstić information content (AvgIpc) is 2.15. The third-order valence-electron chi connectivity index (χ3n) is 2.82. The summed E-state index contributed by atoms with van der Waals surface area (Å²) in [4.78, 5) is 30.5. The van der Waals surface area contributed by atoms with E-state index in [0.717, 1.165) is 0 Å². The summed E-state index contributed by atoms with van der Waals surface area (Å²) in [6.45, 7) is 7.53.